The minimum atomic E-state index is -0.764. The number of halogens is 1. The minimum absolute atomic E-state index is 0. The summed E-state index contributed by atoms with van der Waals surface area (Å²) in [6.07, 6.45) is -0.764. The fraction of sp³-hybridized carbons (Fsp3) is 0.538. The van der Waals surface area contributed by atoms with E-state index in [2.05, 4.69) is 0 Å². The van der Waals surface area contributed by atoms with Crippen molar-refractivity contribution in [2.75, 3.05) is 13.2 Å². The number of benzene rings is 1. The second kappa shape index (κ2) is 4.74. The van der Waals surface area contributed by atoms with Crippen LogP contribution in [-0.4, -0.2) is 30.0 Å². The van der Waals surface area contributed by atoms with Crippen molar-refractivity contribution in [3.05, 3.63) is 17.7 Å². The molecule has 106 valence electrons. The summed E-state index contributed by atoms with van der Waals surface area (Å²) < 4.78 is 17.0. The van der Waals surface area contributed by atoms with Gasteiger partial charge in [-0.1, -0.05) is 0 Å². The summed E-state index contributed by atoms with van der Waals surface area (Å²) in [5, 5.41) is 10.3. The van der Waals surface area contributed by atoms with E-state index in [0.29, 0.717) is 36.0 Å². The first-order valence-corrected chi connectivity index (χ1v) is 6.06. The van der Waals surface area contributed by atoms with Gasteiger partial charge in [-0.15, -0.1) is 12.4 Å². The Labute approximate surface area is 118 Å². The molecule has 0 amide bonds. The summed E-state index contributed by atoms with van der Waals surface area (Å²) in [5.74, 6) is 1.77. The van der Waals surface area contributed by atoms with E-state index in [1.165, 1.54) is 0 Å². The number of fused-ring (bicyclic) bond motifs is 3. The quantitative estimate of drug-likeness (QED) is 0.755. The van der Waals surface area contributed by atoms with Crippen LogP contribution in [0.15, 0.2) is 12.1 Å². The molecule has 1 aromatic carbocycles. The van der Waals surface area contributed by atoms with Gasteiger partial charge in [-0.2, -0.15) is 0 Å². The molecule has 6 heteroatoms. The number of ether oxygens (including phenoxy) is 3. The maximum absolute atomic E-state index is 10.3. The maximum Gasteiger partial charge on any atom is 0.204 e. The zero-order valence-corrected chi connectivity index (χ0v) is 11.7. The highest BCUT2D eigenvalue weighted by molar-refractivity contribution is 5.85. The molecule has 0 aromatic heterocycles. The average Bonchev–Trinajstić information content (AvgIpc) is 2.36. The Kier molecular flexibility index (Phi) is 3.55. The molecule has 0 aliphatic carbocycles. The zero-order valence-electron chi connectivity index (χ0n) is 10.9. The van der Waals surface area contributed by atoms with Crippen molar-refractivity contribution in [1.29, 1.82) is 0 Å². The molecule has 19 heavy (non-hydrogen) atoms. The van der Waals surface area contributed by atoms with Crippen molar-refractivity contribution in [1.82, 2.24) is 0 Å². The molecule has 0 saturated heterocycles. The minimum Gasteiger partial charge on any atom is -0.486 e. The van der Waals surface area contributed by atoms with Gasteiger partial charge in [0.05, 0.1) is 6.04 Å². The molecule has 2 atom stereocenters. The largest absolute Gasteiger partial charge is 0.486 e. The Morgan fingerprint density at radius 1 is 1.21 bits per heavy atom. The predicted octanol–water partition coefficient (Wildman–Crippen LogP) is 1.41. The molecule has 0 bridgehead atoms. The van der Waals surface area contributed by atoms with Gasteiger partial charge < -0.3 is 25.1 Å². The third kappa shape index (κ3) is 2.12. The van der Waals surface area contributed by atoms with Crippen molar-refractivity contribution >= 4 is 12.4 Å². The Balaban J connectivity index is 0.00000133. The monoisotopic (exact) mass is 287 g/mol. The summed E-state index contributed by atoms with van der Waals surface area (Å²) in [6.45, 7) is 4.71. The third-order valence-electron chi connectivity index (χ3n) is 3.52. The number of hydrogen-bond acceptors (Lipinski definition) is 5. The van der Waals surface area contributed by atoms with Crippen LogP contribution in [0, 0.1) is 0 Å². The van der Waals surface area contributed by atoms with Gasteiger partial charge >= 0.3 is 0 Å². The highest BCUT2D eigenvalue weighted by atomic mass is 35.5. The maximum atomic E-state index is 10.3. The molecule has 2 aliphatic heterocycles. The molecule has 2 aliphatic rings. The van der Waals surface area contributed by atoms with E-state index in [9.17, 15) is 5.11 Å². The number of aliphatic hydroxyl groups excluding tert-OH is 1. The van der Waals surface area contributed by atoms with Crippen LogP contribution in [-0.2, 0) is 0 Å². The lowest BCUT2D eigenvalue weighted by atomic mass is 9.86. The number of rotatable bonds is 0. The van der Waals surface area contributed by atoms with Crippen LogP contribution in [0.1, 0.15) is 25.5 Å². The molecule has 3 N–H and O–H groups in total. The molecule has 2 heterocycles. The fourth-order valence-electron chi connectivity index (χ4n) is 2.35. The van der Waals surface area contributed by atoms with Gasteiger partial charge in [0.15, 0.2) is 11.5 Å². The van der Waals surface area contributed by atoms with Crippen molar-refractivity contribution in [2.24, 2.45) is 5.73 Å². The second-order valence-corrected chi connectivity index (χ2v) is 5.18. The number of aliphatic hydroxyl groups is 1. The van der Waals surface area contributed by atoms with E-state index in [1.807, 2.05) is 13.8 Å². The molecule has 1 aromatic rings. The zero-order chi connectivity index (χ0) is 12.9. The van der Waals surface area contributed by atoms with Crippen molar-refractivity contribution in [3.8, 4) is 17.2 Å². The fourth-order valence-corrected chi connectivity index (χ4v) is 2.35. The van der Waals surface area contributed by atoms with Crippen LogP contribution in [0.5, 0.6) is 17.2 Å². The first-order valence-electron chi connectivity index (χ1n) is 6.06. The Hall–Kier alpha value is -1.17. The van der Waals surface area contributed by atoms with E-state index in [0.717, 1.165) is 0 Å². The number of hydrogen-bond donors (Lipinski definition) is 2. The Morgan fingerprint density at radius 3 is 2.63 bits per heavy atom. The lowest BCUT2D eigenvalue weighted by Gasteiger charge is -2.41. The van der Waals surface area contributed by atoms with Crippen molar-refractivity contribution < 1.29 is 19.3 Å². The molecule has 0 saturated carbocycles. The van der Waals surface area contributed by atoms with Crippen LogP contribution in [0.3, 0.4) is 0 Å². The molecule has 0 fully saturated rings. The molecular weight excluding hydrogens is 270 g/mol. The first-order chi connectivity index (χ1) is 8.50. The van der Waals surface area contributed by atoms with Gasteiger partial charge in [-0.25, -0.2) is 0 Å². The van der Waals surface area contributed by atoms with Gasteiger partial charge in [0.25, 0.3) is 0 Å². The van der Waals surface area contributed by atoms with Crippen LogP contribution in [0.2, 0.25) is 0 Å². The molecule has 3 rings (SSSR count). The number of nitrogens with two attached hydrogens (primary N) is 1. The molecule has 0 radical (unpaired) electrons. The Morgan fingerprint density at radius 2 is 1.89 bits per heavy atom. The van der Waals surface area contributed by atoms with Crippen molar-refractivity contribution in [3.63, 3.8) is 0 Å². The van der Waals surface area contributed by atoms with E-state index in [1.54, 1.807) is 12.1 Å². The van der Waals surface area contributed by atoms with E-state index >= 15 is 0 Å². The molecule has 2 unspecified atom stereocenters. The first kappa shape index (κ1) is 14.2. The van der Waals surface area contributed by atoms with Crippen molar-refractivity contribution in [2.45, 2.75) is 31.6 Å². The summed E-state index contributed by atoms with van der Waals surface area (Å²) in [4.78, 5) is 0. The predicted molar refractivity (Wildman–Crippen MR) is 72.3 cm³/mol. The Bertz CT molecular complexity index is 492. The summed E-state index contributed by atoms with van der Waals surface area (Å²) in [5.41, 5.74) is 6.01. The van der Waals surface area contributed by atoms with Crippen LogP contribution < -0.4 is 19.9 Å². The van der Waals surface area contributed by atoms with Gasteiger partial charge in [0.2, 0.25) is 5.75 Å². The van der Waals surface area contributed by atoms with Crippen LogP contribution in [0.25, 0.3) is 0 Å². The van der Waals surface area contributed by atoms with Gasteiger partial charge in [0, 0.05) is 5.56 Å². The molecular formula is C13H18ClNO4. The smallest absolute Gasteiger partial charge is 0.204 e. The van der Waals surface area contributed by atoms with E-state index in [-0.39, 0.29) is 12.4 Å². The highest BCUT2D eigenvalue weighted by Gasteiger charge is 2.43. The SMILES string of the molecule is CC1(C)Oc2c(ccc3c2OCCO3)C(O)C1N.Cl. The van der Waals surface area contributed by atoms with Gasteiger partial charge in [-0.3, -0.25) is 0 Å². The highest BCUT2D eigenvalue weighted by Crippen LogP contribution is 2.49. The van der Waals surface area contributed by atoms with Gasteiger partial charge in [-0.05, 0) is 26.0 Å². The lowest BCUT2D eigenvalue weighted by Crippen LogP contribution is -2.54. The summed E-state index contributed by atoms with van der Waals surface area (Å²) >= 11 is 0. The van der Waals surface area contributed by atoms with E-state index in [4.69, 9.17) is 19.9 Å². The standard InChI is InChI=1S/C13H17NO4.ClH/c1-13(2)12(14)9(15)7-3-4-8-11(10(7)18-13)17-6-5-16-8;/h3-4,9,12,15H,5-6,14H2,1-2H3;1H. The molecule has 5 nitrogen and oxygen atoms in total. The third-order valence-corrected chi connectivity index (χ3v) is 3.52. The summed E-state index contributed by atoms with van der Waals surface area (Å²) in [7, 11) is 0. The van der Waals surface area contributed by atoms with Crippen LogP contribution in [0.4, 0.5) is 0 Å². The second-order valence-electron chi connectivity index (χ2n) is 5.18. The lowest BCUT2D eigenvalue weighted by molar-refractivity contribution is -0.0155. The average molecular weight is 288 g/mol. The summed E-state index contributed by atoms with van der Waals surface area (Å²) in [6, 6.07) is 3.08. The normalized spacial score (nSPS) is 26.7. The van der Waals surface area contributed by atoms with E-state index < -0.39 is 17.7 Å². The topological polar surface area (TPSA) is 73.9 Å². The molecule has 0 spiro atoms. The van der Waals surface area contributed by atoms with Crippen LogP contribution >= 0.6 is 12.4 Å². The van der Waals surface area contributed by atoms with Gasteiger partial charge in [0.1, 0.15) is 24.9 Å².